The van der Waals surface area contributed by atoms with E-state index < -0.39 is 54.2 Å². The lowest BCUT2D eigenvalue weighted by molar-refractivity contribution is -0.208. The van der Waals surface area contributed by atoms with Gasteiger partial charge in [0.1, 0.15) is 29.3 Å². The van der Waals surface area contributed by atoms with Crippen molar-refractivity contribution >= 4 is 5.78 Å². The van der Waals surface area contributed by atoms with Crippen LogP contribution in [-0.2, 0) is 11.2 Å². The predicted molar refractivity (Wildman–Crippen MR) is 113 cm³/mol. The lowest BCUT2D eigenvalue weighted by atomic mass is 9.82. The van der Waals surface area contributed by atoms with Gasteiger partial charge in [-0.3, -0.25) is 4.79 Å². The number of Topliss-reactive ketones (excluding diaryl/α,β-unsaturated/α-hetero) is 1. The first-order valence-electron chi connectivity index (χ1n) is 10.3. The van der Waals surface area contributed by atoms with Gasteiger partial charge in [0.15, 0.2) is 17.3 Å². The average Bonchev–Trinajstić information content (AvgIpc) is 2.74. The minimum absolute atomic E-state index is 0.102. The Morgan fingerprint density at radius 3 is 2.31 bits per heavy atom. The van der Waals surface area contributed by atoms with Crippen LogP contribution in [0.4, 0.5) is 0 Å². The molecule has 0 bridgehead atoms. The third-order valence-electron chi connectivity index (χ3n) is 6.02. The van der Waals surface area contributed by atoms with Crippen LogP contribution in [0.5, 0.6) is 23.0 Å². The lowest BCUT2D eigenvalue weighted by Gasteiger charge is -2.42. The number of ketones is 1. The van der Waals surface area contributed by atoms with E-state index in [1.807, 2.05) is 0 Å². The smallest absolute Gasteiger partial charge is 0.170 e. The van der Waals surface area contributed by atoms with Crippen molar-refractivity contribution < 1.29 is 45.3 Å². The highest BCUT2D eigenvalue weighted by atomic mass is 16.5. The van der Waals surface area contributed by atoms with Crippen LogP contribution in [-0.4, -0.2) is 66.4 Å². The Morgan fingerprint density at radius 2 is 1.69 bits per heavy atom. The highest BCUT2D eigenvalue weighted by Gasteiger charge is 2.44. The Hall–Kier alpha value is -2.85. The molecule has 1 fully saturated rings. The molecule has 1 heterocycles. The zero-order chi connectivity index (χ0) is 23.7. The molecule has 0 radical (unpaired) electrons. The maximum absolute atomic E-state index is 12.9. The summed E-state index contributed by atoms with van der Waals surface area (Å²) in [4.78, 5) is 12.9. The van der Waals surface area contributed by atoms with Crippen molar-refractivity contribution in [2.45, 2.75) is 51.1 Å². The summed E-state index contributed by atoms with van der Waals surface area (Å²) in [6, 6.07) is 5.48. The van der Waals surface area contributed by atoms with E-state index in [1.54, 1.807) is 19.9 Å². The first-order valence-corrected chi connectivity index (χ1v) is 10.3. The molecule has 2 aromatic rings. The maximum Gasteiger partial charge on any atom is 0.170 e. The van der Waals surface area contributed by atoms with E-state index in [0.29, 0.717) is 11.1 Å². The topological polar surface area (TPSA) is 168 Å². The summed E-state index contributed by atoms with van der Waals surface area (Å²) in [5.74, 6) is -2.74. The van der Waals surface area contributed by atoms with Crippen LogP contribution in [0.15, 0.2) is 24.3 Å². The molecule has 2 aromatic carbocycles. The highest BCUT2D eigenvalue weighted by Crippen LogP contribution is 2.45. The van der Waals surface area contributed by atoms with Crippen molar-refractivity contribution in [2.24, 2.45) is 5.92 Å². The van der Waals surface area contributed by atoms with Crippen molar-refractivity contribution in [1.29, 1.82) is 0 Å². The zero-order valence-corrected chi connectivity index (χ0v) is 17.8. The normalized spacial score (nSPS) is 25.6. The number of benzene rings is 2. The number of aliphatic hydroxyl groups excluding tert-OH is 3. The molecule has 1 aliphatic heterocycles. The van der Waals surface area contributed by atoms with E-state index in [4.69, 9.17) is 4.74 Å². The van der Waals surface area contributed by atoms with E-state index in [9.17, 15) is 40.5 Å². The second-order valence-electron chi connectivity index (χ2n) is 8.21. The van der Waals surface area contributed by atoms with E-state index >= 15 is 0 Å². The summed E-state index contributed by atoms with van der Waals surface area (Å²) in [5, 5.41) is 70.3. The molecule has 32 heavy (non-hydrogen) atoms. The number of hydrogen-bond acceptors (Lipinski definition) is 9. The van der Waals surface area contributed by atoms with Crippen LogP contribution >= 0.6 is 0 Å². The van der Waals surface area contributed by atoms with Gasteiger partial charge in [0.2, 0.25) is 0 Å². The van der Waals surface area contributed by atoms with Gasteiger partial charge in [-0.25, -0.2) is 0 Å². The molecule has 5 atom stereocenters. The number of aromatic hydroxyl groups is 4. The standard InChI is InChI=1S/C23H28O9/c1-10-7-16(28)19(14(26)6-4-12-3-5-13(25)15(27)8-12)22(31)18(10)23-11(2)20(29)21(30)17(9-24)32-23/h3,5,7-8,11,17,20-21,23-25,27-31H,4,6,9H2,1-2H3. The molecule has 7 N–H and O–H groups in total. The fourth-order valence-electron chi connectivity index (χ4n) is 4.12. The maximum atomic E-state index is 12.9. The molecule has 1 aliphatic rings. The lowest BCUT2D eigenvalue weighted by Crippen LogP contribution is -2.51. The molecule has 9 nitrogen and oxygen atoms in total. The number of carbonyl (C=O) groups is 1. The summed E-state index contributed by atoms with van der Waals surface area (Å²) >= 11 is 0. The fourth-order valence-corrected chi connectivity index (χ4v) is 4.12. The highest BCUT2D eigenvalue weighted by molar-refractivity contribution is 6.01. The number of phenolic OH excluding ortho intramolecular Hbond substituents is 4. The average molecular weight is 448 g/mol. The van der Waals surface area contributed by atoms with Crippen LogP contribution in [0.3, 0.4) is 0 Å². The molecule has 0 spiro atoms. The minimum Gasteiger partial charge on any atom is -0.507 e. The zero-order valence-electron chi connectivity index (χ0n) is 17.8. The Bertz CT molecular complexity index is 1000. The van der Waals surface area contributed by atoms with Gasteiger partial charge in [-0.2, -0.15) is 0 Å². The molecule has 0 aliphatic carbocycles. The second kappa shape index (κ2) is 9.33. The van der Waals surface area contributed by atoms with Gasteiger partial charge < -0.3 is 40.5 Å². The number of aliphatic hydroxyl groups is 3. The quantitative estimate of drug-likeness (QED) is 0.255. The molecule has 9 heteroatoms. The summed E-state index contributed by atoms with van der Waals surface area (Å²) in [6.45, 7) is 2.66. The van der Waals surface area contributed by atoms with Gasteiger partial charge in [-0.1, -0.05) is 13.0 Å². The second-order valence-corrected chi connectivity index (χ2v) is 8.21. The Labute approximate surface area is 184 Å². The number of carbonyl (C=O) groups excluding carboxylic acids is 1. The van der Waals surface area contributed by atoms with Crippen LogP contribution in [0.1, 0.15) is 46.5 Å². The first-order chi connectivity index (χ1) is 15.1. The molecule has 3 rings (SSSR count). The summed E-state index contributed by atoms with van der Waals surface area (Å²) < 4.78 is 5.74. The summed E-state index contributed by atoms with van der Waals surface area (Å²) in [6.07, 6.45) is -4.49. The van der Waals surface area contributed by atoms with Crippen LogP contribution < -0.4 is 0 Å². The first kappa shape index (κ1) is 23.8. The molecule has 174 valence electrons. The van der Waals surface area contributed by atoms with Crippen molar-refractivity contribution in [3.8, 4) is 23.0 Å². The molecule has 5 unspecified atom stereocenters. The van der Waals surface area contributed by atoms with Crippen LogP contribution in [0.2, 0.25) is 0 Å². The third-order valence-corrected chi connectivity index (χ3v) is 6.02. The van der Waals surface area contributed by atoms with Gasteiger partial charge in [-0.15, -0.1) is 0 Å². The minimum atomic E-state index is -1.31. The molecule has 1 saturated heterocycles. The molecule has 0 aromatic heterocycles. The molecule has 0 amide bonds. The largest absolute Gasteiger partial charge is 0.507 e. The van der Waals surface area contributed by atoms with Gasteiger partial charge in [0.05, 0.1) is 18.8 Å². The van der Waals surface area contributed by atoms with Gasteiger partial charge in [0.25, 0.3) is 0 Å². The van der Waals surface area contributed by atoms with E-state index in [2.05, 4.69) is 0 Å². The third kappa shape index (κ3) is 4.37. The van der Waals surface area contributed by atoms with Gasteiger partial charge in [0, 0.05) is 17.9 Å². The SMILES string of the molecule is Cc1cc(O)c(C(=O)CCc2ccc(O)c(O)c2)c(O)c1C1OC(CO)C(O)C(O)C1C. The number of aryl methyl sites for hydroxylation is 2. The van der Waals surface area contributed by atoms with Crippen molar-refractivity contribution in [1.82, 2.24) is 0 Å². The number of phenols is 4. The monoisotopic (exact) mass is 448 g/mol. The Morgan fingerprint density at radius 1 is 1.00 bits per heavy atom. The molecular formula is C23H28O9. The van der Waals surface area contributed by atoms with E-state index in [0.717, 1.165) is 0 Å². The fraction of sp³-hybridized carbons (Fsp3) is 0.435. The van der Waals surface area contributed by atoms with E-state index in [-0.39, 0.29) is 35.5 Å². The van der Waals surface area contributed by atoms with Crippen molar-refractivity contribution in [2.75, 3.05) is 6.61 Å². The summed E-state index contributed by atoms with van der Waals surface area (Å²) in [7, 11) is 0. The van der Waals surface area contributed by atoms with Crippen LogP contribution in [0, 0.1) is 12.8 Å². The van der Waals surface area contributed by atoms with Crippen molar-refractivity contribution in [3.63, 3.8) is 0 Å². The predicted octanol–water partition coefficient (Wildman–Crippen LogP) is 1.42. The Kier molecular flexibility index (Phi) is 6.94. The van der Waals surface area contributed by atoms with E-state index in [1.165, 1.54) is 18.2 Å². The van der Waals surface area contributed by atoms with Crippen molar-refractivity contribution in [3.05, 3.63) is 46.5 Å². The number of hydrogen-bond donors (Lipinski definition) is 7. The summed E-state index contributed by atoms with van der Waals surface area (Å²) in [5.41, 5.74) is 0.875. The number of ether oxygens (including phenoxy) is 1. The molecular weight excluding hydrogens is 420 g/mol. The Balaban J connectivity index is 1.92. The van der Waals surface area contributed by atoms with Gasteiger partial charge >= 0.3 is 0 Å². The van der Waals surface area contributed by atoms with Gasteiger partial charge in [-0.05, 0) is 42.7 Å². The van der Waals surface area contributed by atoms with Crippen LogP contribution in [0.25, 0.3) is 0 Å². The molecule has 0 saturated carbocycles. The number of rotatable bonds is 6.